The van der Waals surface area contributed by atoms with E-state index in [9.17, 15) is 4.79 Å². The van der Waals surface area contributed by atoms with Gasteiger partial charge in [0.05, 0.1) is 5.71 Å². The molecule has 4 heteroatoms. The van der Waals surface area contributed by atoms with Crippen molar-refractivity contribution in [3.8, 4) is 0 Å². The molecule has 0 saturated carbocycles. The van der Waals surface area contributed by atoms with Gasteiger partial charge in [-0.25, -0.2) is 0 Å². The van der Waals surface area contributed by atoms with Crippen LogP contribution >= 0.6 is 0 Å². The number of piperidine rings is 1. The SMILES string of the molecule is CCC/C(CC)=N\OCCCCCC(=O)N1CCC(C)CC1. The quantitative estimate of drug-likeness (QED) is 0.341. The summed E-state index contributed by atoms with van der Waals surface area (Å²) in [6.45, 7) is 9.12. The first-order valence-electron chi connectivity index (χ1n) is 9.12. The maximum Gasteiger partial charge on any atom is 0.222 e. The standard InChI is InChI=1S/C18H34N2O2/c1-4-9-17(5-2)19-22-15-8-6-7-10-18(21)20-13-11-16(3)12-14-20/h16H,4-15H2,1-3H3/b19-17-. The van der Waals surface area contributed by atoms with Gasteiger partial charge in [-0.2, -0.15) is 0 Å². The second-order valence-electron chi connectivity index (χ2n) is 6.47. The van der Waals surface area contributed by atoms with E-state index in [1.54, 1.807) is 0 Å². The number of carbonyl (C=O) groups excluding carboxylic acids is 1. The highest BCUT2D eigenvalue weighted by Crippen LogP contribution is 2.17. The number of hydrogen-bond donors (Lipinski definition) is 0. The third-order valence-corrected chi connectivity index (χ3v) is 4.40. The van der Waals surface area contributed by atoms with Crippen molar-refractivity contribution < 1.29 is 9.63 Å². The lowest BCUT2D eigenvalue weighted by Gasteiger charge is -2.30. The molecule has 22 heavy (non-hydrogen) atoms. The largest absolute Gasteiger partial charge is 0.396 e. The van der Waals surface area contributed by atoms with Gasteiger partial charge in [0.1, 0.15) is 6.61 Å². The molecular weight excluding hydrogens is 276 g/mol. The molecule has 0 atom stereocenters. The van der Waals surface area contributed by atoms with E-state index >= 15 is 0 Å². The molecule has 0 aliphatic carbocycles. The smallest absolute Gasteiger partial charge is 0.222 e. The second kappa shape index (κ2) is 11.5. The molecule has 0 spiro atoms. The molecule has 0 radical (unpaired) electrons. The Morgan fingerprint density at radius 1 is 1.14 bits per heavy atom. The molecule has 1 fully saturated rings. The van der Waals surface area contributed by atoms with Crippen LogP contribution in [0.1, 0.15) is 78.6 Å². The van der Waals surface area contributed by atoms with E-state index in [1.165, 1.54) is 0 Å². The summed E-state index contributed by atoms with van der Waals surface area (Å²) >= 11 is 0. The fraction of sp³-hybridized carbons (Fsp3) is 0.889. The van der Waals surface area contributed by atoms with E-state index in [-0.39, 0.29) is 0 Å². The minimum atomic E-state index is 0.335. The first kappa shape index (κ1) is 19.0. The van der Waals surface area contributed by atoms with Gasteiger partial charge in [0.15, 0.2) is 0 Å². The fourth-order valence-corrected chi connectivity index (χ4v) is 2.75. The van der Waals surface area contributed by atoms with E-state index < -0.39 is 0 Å². The van der Waals surface area contributed by atoms with Crippen molar-refractivity contribution in [2.75, 3.05) is 19.7 Å². The summed E-state index contributed by atoms with van der Waals surface area (Å²) in [6, 6.07) is 0. The van der Waals surface area contributed by atoms with E-state index in [1.807, 2.05) is 4.90 Å². The van der Waals surface area contributed by atoms with Gasteiger partial charge in [-0.3, -0.25) is 4.79 Å². The van der Waals surface area contributed by atoms with Crippen molar-refractivity contribution in [3.63, 3.8) is 0 Å². The summed E-state index contributed by atoms with van der Waals surface area (Å²) in [5.74, 6) is 1.12. The van der Waals surface area contributed by atoms with Crippen molar-refractivity contribution in [2.24, 2.45) is 11.1 Å². The van der Waals surface area contributed by atoms with Crippen LogP contribution in [0.5, 0.6) is 0 Å². The monoisotopic (exact) mass is 310 g/mol. The molecule has 4 nitrogen and oxygen atoms in total. The first-order valence-corrected chi connectivity index (χ1v) is 9.12. The van der Waals surface area contributed by atoms with Crippen LogP contribution in [0, 0.1) is 5.92 Å². The lowest BCUT2D eigenvalue weighted by Crippen LogP contribution is -2.37. The Hall–Kier alpha value is -1.06. The van der Waals surface area contributed by atoms with Gasteiger partial charge in [0.2, 0.25) is 5.91 Å². The molecular formula is C18H34N2O2. The molecule has 0 bridgehead atoms. The van der Waals surface area contributed by atoms with Crippen molar-refractivity contribution in [1.82, 2.24) is 4.90 Å². The van der Waals surface area contributed by atoms with Gasteiger partial charge in [-0.15, -0.1) is 0 Å². The van der Waals surface area contributed by atoms with Crippen LogP contribution in [0.15, 0.2) is 5.16 Å². The predicted molar refractivity (Wildman–Crippen MR) is 92.0 cm³/mol. The lowest BCUT2D eigenvalue weighted by molar-refractivity contribution is -0.132. The molecule has 128 valence electrons. The molecule has 1 saturated heterocycles. The fourth-order valence-electron chi connectivity index (χ4n) is 2.75. The van der Waals surface area contributed by atoms with E-state index in [2.05, 4.69) is 25.9 Å². The van der Waals surface area contributed by atoms with Gasteiger partial charge in [-0.05, 0) is 50.9 Å². The van der Waals surface area contributed by atoms with Crippen molar-refractivity contribution in [3.05, 3.63) is 0 Å². The number of carbonyl (C=O) groups is 1. The summed E-state index contributed by atoms with van der Waals surface area (Å²) in [5.41, 5.74) is 1.15. The summed E-state index contributed by atoms with van der Waals surface area (Å²) in [5, 5.41) is 4.19. The highest BCUT2D eigenvalue weighted by atomic mass is 16.6. The molecule has 0 unspecified atom stereocenters. The zero-order valence-corrected chi connectivity index (χ0v) is 14.8. The Labute approximate surface area is 136 Å². The summed E-state index contributed by atoms with van der Waals surface area (Å²) in [4.78, 5) is 19.5. The second-order valence-corrected chi connectivity index (χ2v) is 6.47. The number of likely N-dealkylation sites (tertiary alicyclic amines) is 1. The molecule has 1 heterocycles. The highest BCUT2D eigenvalue weighted by molar-refractivity contribution is 5.83. The molecule has 0 N–H and O–H groups in total. The molecule has 1 aliphatic heterocycles. The number of oxime groups is 1. The molecule has 1 amide bonds. The van der Waals surface area contributed by atoms with Crippen molar-refractivity contribution >= 4 is 11.6 Å². The predicted octanol–water partition coefficient (Wildman–Crippen LogP) is 4.39. The van der Waals surface area contributed by atoms with Gasteiger partial charge in [0.25, 0.3) is 0 Å². The van der Waals surface area contributed by atoms with Crippen LogP contribution in [0.3, 0.4) is 0 Å². The average molecular weight is 310 g/mol. The zero-order valence-electron chi connectivity index (χ0n) is 14.8. The number of rotatable bonds is 10. The van der Waals surface area contributed by atoms with Crippen LogP contribution in [0.2, 0.25) is 0 Å². The Morgan fingerprint density at radius 3 is 2.50 bits per heavy atom. The maximum absolute atomic E-state index is 12.1. The minimum Gasteiger partial charge on any atom is -0.396 e. The number of unbranched alkanes of at least 4 members (excludes halogenated alkanes) is 2. The minimum absolute atomic E-state index is 0.335. The Balaban J connectivity index is 2.02. The highest BCUT2D eigenvalue weighted by Gasteiger charge is 2.19. The van der Waals surface area contributed by atoms with Gasteiger partial charge >= 0.3 is 0 Å². The third kappa shape index (κ3) is 7.81. The summed E-state index contributed by atoms with van der Waals surface area (Å²) in [6.07, 6.45) is 9.12. The molecule has 0 aromatic rings. The first-order chi connectivity index (χ1) is 10.7. The molecule has 1 aliphatic rings. The molecule has 1 rings (SSSR count). The Kier molecular flexibility index (Phi) is 9.93. The van der Waals surface area contributed by atoms with Gasteiger partial charge in [0, 0.05) is 19.5 Å². The van der Waals surface area contributed by atoms with Gasteiger partial charge < -0.3 is 9.74 Å². The zero-order chi connectivity index (χ0) is 16.2. The van der Waals surface area contributed by atoms with Crippen LogP contribution in [0.4, 0.5) is 0 Å². The van der Waals surface area contributed by atoms with E-state index in [0.717, 1.165) is 76.1 Å². The van der Waals surface area contributed by atoms with Crippen molar-refractivity contribution in [1.29, 1.82) is 0 Å². The number of hydrogen-bond acceptors (Lipinski definition) is 3. The van der Waals surface area contributed by atoms with Crippen LogP contribution < -0.4 is 0 Å². The van der Waals surface area contributed by atoms with E-state index in [4.69, 9.17) is 4.84 Å². The normalized spacial score (nSPS) is 16.9. The van der Waals surface area contributed by atoms with E-state index in [0.29, 0.717) is 18.9 Å². The molecule has 0 aromatic heterocycles. The molecule has 0 aromatic carbocycles. The Bertz CT molecular complexity index is 334. The maximum atomic E-state index is 12.1. The Morgan fingerprint density at radius 2 is 1.86 bits per heavy atom. The topological polar surface area (TPSA) is 41.9 Å². The van der Waals surface area contributed by atoms with Crippen molar-refractivity contribution in [2.45, 2.75) is 78.6 Å². The number of nitrogens with zero attached hydrogens (tertiary/aromatic N) is 2. The third-order valence-electron chi connectivity index (χ3n) is 4.40. The van der Waals surface area contributed by atoms with Crippen LogP contribution in [-0.4, -0.2) is 36.2 Å². The lowest BCUT2D eigenvalue weighted by atomic mass is 9.99. The van der Waals surface area contributed by atoms with Gasteiger partial charge in [-0.1, -0.05) is 32.3 Å². The van der Waals surface area contributed by atoms with Crippen LogP contribution in [-0.2, 0) is 9.63 Å². The summed E-state index contributed by atoms with van der Waals surface area (Å²) < 4.78 is 0. The van der Waals surface area contributed by atoms with Crippen LogP contribution in [0.25, 0.3) is 0 Å². The average Bonchev–Trinajstić information content (AvgIpc) is 2.53. The number of amides is 1. The summed E-state index contributed by atoms with van der Waals surface area (Å²) in [7, 11) is 0.